The lowest BCUT2D eigenvalue weighted by Crippen LogP contribution is -2.02. The highest BCUT2D eigenvalue weighted by Gasteiger charge is 2.26. The first-order valence-electron chi connectivity index (χ1n) is 11.3. The van der Waals surface area contributed by atoms with Crippen molar-refractivity contribution in [2.45, 2.75) is 12.8 Å². The summed E-state index contributed by atoms with van der Waals surface area (Å²) in [5.41, 5.74) is 8.81. The van der Waals surface area contributed by atoms with Crippen molar-refractivity contribution in [3.05, 3.63) is 108 Å². The van der Waals surface area contributed by atoms with E-state index in [-0.39, 0.29) is 0 Å². The first kappa shape index (κ1) is 18.3. The summed E-state index contributed by atoms with van der Waals surface area (Å²) in [7, 11) is 0. The minimum absolute atomic E-state index is 0.663. The quantitative estimate of drug-likeness (QED) is 0.289. The predicted octanol–water partition coefficient (Wildman–Crippen LogP) is 7.48. The first-order valence-corrected chi connectivity index (χ1v) is 11.3. The van der Waals surface area contributed by atoms with Crippen molar-refractivity contribution in [2.24, 2.45) is 0 Å². The summed E-state index contributed by atoms with van der Waals surface area (Å²) >= 11 is 0. The van der Waals surface area contributed by atoms with Crippen LogP contribution in [0.5, 0.6) is 0 Å². The van der Waals surface area contributed by atoms with Gasteiger partial charge >= 0.3 is 0 Å². The van der Waals surface area contributed by atoms with E-state index in [2.05, 4.69) is 96.0 Å². The molecule has 0 atom stereocenters. The maximum Gasteiger partial charge on any atom is 0.230 e. The number of rotatable bonds is 2. The molecule has 33 heavy (non-hydrogen) atoms. The highest BCUT2D eigenvalue weighted by molar-refractivity contribution is 6.03. The molecule has 0 saturated carbocycles. The second kappa shape index (κ2) is 7.14. The number of benzene rings is 4. The van der Waals surface area contributed by atoms with Crippen molar-refractivity contribution in [2.75, 3.05) is 0 Å². The van der Waals surface area contributed by atoms with E-state index in [0.717, 1.165) is 35.2 Å². The average Bonchev–Trinajstić information content (AvgIpc) is 3.28. The van der Waals surface area contributed by atoms with Gasteiger partial charge in [0.25, 0.3) is 0 Å². The second-order valence-electron chi connectivity index (χ2n) is 8.58. The second-order valence-corrected chi connectivity index (χ2v) is 8.58. The molecule has 0 N–H and O–H groups in total. The van der Waals surface area contributed by atoms with Crippen LogP contribution >= 0.6 is 0 Å². The van der Waals surface area contributed by atoms with Crippen LogP contribution in [0.3, 0.4) is 0 Å². The Hall–Kier alpha value is -4.24. The molecule has 0 fully saturated rings. The molecule has 1 aliphatic carbocycles. The summed E-state index contributed by atoms with van der Waals surface area (Å²) in [6, 6.07) is 32.1. The molecule has 0 unspecified atom stereocenters. The van der Waals surface area contributed by atoms with Gasteiger partial charge in [-0.05, 0) is 52.4 Å². The van der Waals surface area contributed by atoms with Gasteiger partial charge in [-0.3, -0.25) is 0 Å². The minimum atomic E-state index is 0.663. The van der Waals surface area contributed by atoms with Gasteiger partial charge in [0.2, 0.25) is 5.71 Å². The lowest BCUT2D eigenvalue weighted by atomic mass is 9.88. The zero-order valence-electron chi connectivity index (χ0n) is 18.0. The van der Waals surface area contributed by atoms with Crippen LogP contribution in [-0.4, -0.2) is 9.97 Å². The van der Waals surface area contributed by atoms with Crippen molar-refractivity contribution in [1.82, 2.24) is 9.97 Å². The highest BCUT2D eigenvalue weighted by Crippen LogP contribution is 2.43. The minimum Gasteiger partial charge on any atom is -0.437 e. The molecule has 0 bridgehead atoms. The Morgan fingerprint density at radius 1 is 0.667 bits per heavy atom. The number of fused-ring (bicyclic) bond motifs is 6. The molecule has 156 valence electrons. The van der Waals surface area contributed by atoms with E-state index in [1.807, 2.05) is 0 Å². The van der Waals surface area contributed by atoms with Gasteiger partial charge in [-0.25, -0.2) is 9.97 Å². The molecule has 3 heteroatoms. The molecular formula is C30H20N2O. The molecule has 0 aliphatic heterocycles. The fourth-order valence-corrected chi connectivity index (χ4v) is 5.19. The van der Waals surface area contributed by atoms with Crippen molar-refractivity contribution in [1.29, 1.82) is 0 Å². The summed E-state index contributed by atoms with van der Waals surface area (Å²) in [6.45, 7) is 0. The topological polar surface area (TPSA) is 38.9 Å². The van der Waals surface area contributed by atoms with Gasteiger partial charge in [0, 0.05) is 16.7 Å². The fraction of sp³-hybridized carbons (Fsp3) is 0.0667. The average molecular weight is 425 g/mol. The molecule has 3 nitrogen and oxygen atoms in total. The van der Waals surface area contributed by atoms with E-state index in [1.54, 1.807) is 6.33 Å². The number of furan rings is 1. The Morgan fingerprint density at radius 3 is 2.42 bits per heavy atom. The van der Waals surface area contributed by atoms with E-state index in [1.165, 1.54) is 38.6 Å². The van der Waals surface area contributed by atoms with E-state index < -0.39 is 0 Å². The van der Waals surface area contributed by atoms with Crippen LogP contribution in [0.25, 0.3) is 55.6 Å². The lowest BCUT2D eigenvalue weighted by molar-refractivity contribution is 0.608. The van der Waals surface area contributed by atoms with Crippen LogP contribution in [0.2, 0.25) is 0 Å². The van der Waals surface area contributed by atoms with Gasteiger partial charge in [-0.2, -0.15) is 0 Å². The lowest BCUT2D eigenvalue weighted by Gasteiger charge is -2.15. The first-order chi connectivity index (χ1) is 16.4. The molecule has 1 aliphatic rings. The predicted molar refractivity (Wildman–Crippen MR) is 133 cm³/mol. The molecule has 0 spiro atoms. The summed E-state index contributed by atoms with van der Waals surface area (Å²) in [5, 5.41) is 3.47. The zero-order chi connectivity index (χ0) is 21.8. The van der Waals surface area contributed by atoms with Crippen LogP contribution in [-0.2, 0) is 12.8 Å². The molecule has 0 saturated heterocycles. The van der Waals surface area contributed by atoms with Crippen molar-refractivity contribution in [3.8, 4) is 33.7 Å². The standard InChI is InChI=1S/C30H20N2O/c1-2-8-19(9-3-1)26-17-22(16-21-11-5-6-12-23(21)26)28-27-25-15-14-20-10-4-7-13-24(20)29(25)33-30(27)32-18-31-28/h1-13,16-18H,14-15H2. The summed E-state index contributed by atoms with van der Waals surface area (Å²) in [6.07, 6.45) is 3.55. The Bertz CT molecular complexity index is 1660. The van der Waals surface area contributed by atoms with Crippen LogP contribution in [0.15, 0.2) is 102 Å². The normalized spacial score (nSPS) is 12.6. The number of nitrogens with zero attached hydrogens (tertiary/aromatic N) is 2. The Labute approximate surface area is 191 Å². The van der Waals surface area contributed by atoms with Crippen LogP contribution in [0, 0.1) is 0 Å². The molecule has 2 aromatic heterocycles. The third-order valence-electron chi connectivity index (χ3n) is 6.71. The molecule has 0 radical (unpaired) electrons. The van der Waals surface area contributed by atoms with Gasteiger partial charge in [-0.1, -0.05) is 78.9 Å². The van der Waals surface area contributed by atoms with Gasteiger partial charge in [0.1, 0.15) is 12.1 Å². The van der Waals surface area contributed by atoms with Crippen molar-refractivity contribution < 1.29 is 4.42 Å². The summed E-state index contributed by atoms with van der Waals surface area (Å²) in [4.78, 5) is 9.29. The van der Waals surface area contributed by atoms with E-state index >= 15 is 0 Å². The molecule has 2 heterocycles. The monoisotopic (exact) mass is 424 g/mol. The largest absolute Gasteiger partial charge is 0.437 e. The molecule has 0 amide bonds. The maximum absolute atomic E-state index is 6.33. The van der Waals surface area contributed by atoms with E-state index in [0.29, 0.717) is 5.71 Å². The number of hydrogen-bond acceptors (Lipinski definition) is 3. The third kappa shape index (κ3) is 2.82. The SMILES string of the molecule is c1ccc(-c2cc(-c3ncnc4oc5c(c34)CCc3ccccc3-5)cc3ccccc23)cc1. The zero-order valence-corrected chi connectivity index (χ0v) is 18.0. The van der Waals surface area contributed by atoms with Crippen LogP contribution in [0.4, 0.5) is 0 Å². The Balaban J connectivity index is 1.52. The number of aryl methyl sites for hydroxylation is 2. The third-order valence-corrected chi connectivity index (χ3v) is 6.71. The molecule has 7 rings (SSSR count). The summed E-state index contributed by atoms with van der Waals surface area (Å²) in [5.74, 6) is 0.942. The molecular weight excluding hydrogens is 404 g/mol. The number of hydrogen-bond donors (Lipinski definition) is 0. The Morgan fingerprint density at radius 2 is 1.48 bits per heavy atom. The summed E-state index contributed by atoms with van der Waals surface area (Å²) < 4.78 is 6.33. The van der Waals surface area contributed by atoms with E-state index in [4.69, 9.17) is 9.40 Å². The van der Waals surface area contributed by atoms with Crippen LogP contribution < -0.4 is 0 Å². The molecule has 6 aromatic rings. The van der Waals surface area contributed by atoms with Gasteiger partial charge in [0.05, 0.1) is 11.1 Å². The maximum atomic E-state index is 6.33. The van der Waals surface area contributed by atoms with Gasteiger partial charge < -0.3 is 4.42 Å². The van der Waals surface area contributed by atoms with Crippen molar-refractivity contribution in [3.63, 3.8) is 0 Å². The number of aromatic nitrogens is 2. The van der Waals surface area contributed by atoms with Crippen LogP contribution in [0.1, 0.15) is 11.1 Å². The smallest absolute Gasteiger partial charge is 0.230 e. The molecule has 4 aromatic carbocycles. The van der Waals surface area contributed by atoms with Gasteiger partial charge in [0.15, 0.2) is 0 Å². The van der Waals surface area contributed by atoms with E-state index in [9.17, 15) is 0 Å². The highest BCUT2D eigenvalue weighted by atomic mass is 16.3. The van der Waals surface area contributed by atoms with Gasteiger partial charge in [-0.15, -0.1) is 0 Å². The Kier molecular flexibility index (Phi) is 3.97. The fourth-order valence-electron chi connectivity index (χ4n) is 5.19. The van der Waals surface area contributed by atoms with Crippen molar-refractivity contribution >= 4 is 21.9 Å².